The molecule has 1 aliphatic rings. The summed E-state index contributed by atoms with van der Waals surface area (Å²) in [6.45, 7) is 0.560. The molecule has 4 heteroatoms. The number of amides is 1. The minimum absolute atomic E-state index is 0.0814. The molecule has 2 aromatic carbocycles. The van der Waals surface area contributed by atoms with Gasteiger partial charge in [-0.15, -0.1) is 0 Å². The van der Waals surface area contributed by atoms with Gasteiger partial charge in [-0.05, 0) is 25.0 Å². The van der Waals surface area contributed by atoms with Crippen LogP contribution >= 0.6 is 0 Å². The number of carbonyl (C=O) groups is 2. The Balaban J connectivity index is 1.91. The standard InChI is InChI=1S/C19H20N2O2/c20-16-12-7-13-21(19(23)15-10-5-2-6-11-15)17(16)18(22)14-8-3-1-4-9-14/h1-6,8-11,16-17H,7,12-13,20H2/t16?,17-/m0/s1. The van der Waals surface area contributed by atoms with Crippen LogP contribution in [0.15, 0.2) is 60.7 Å². The van der Waals surface area contributed by atoms with E-state index in [-0.39, 0.29) is 17.7 Å². The number of likely N-dealkylation sites (tertiary alicyclic amines) is 1. The molecule has 2 N–H and O–H groups in total. The van der Waals surface area contributed by atoms with Gasteiger partial charge in [0, 0.05) is 23.7 Å². The molecule has 0 spiro atoms. The zero-order valence-corrected chi connectivity index (χ0v) is 12.9. The Bertz CT molecular complexity index is 685. The largest absolute Gasteiger partial charge is 0.327 e. The molecule has 2 aromatic rings. The zero-order chi connectivity index (χ0) is 16.2. The van der Waals surface area contributed by atoms with Gasteiger partial charge >= 0.3 is 0 Å². The highest BCUT2D eigenvalue weighted by Crippen LogP contribution is 2.22. The van der Waals surface area contributed by atoms with Gasteiger partial charge < -0.3 is 10.6 Å². The molecule has 1 fully saturated rings. The topological polar surface area (TPSA) is 63.4 Å². The van der Waals surface area contributed by atoms with Crippen LogP contribution in [0.2, 0.25) is 0 Å². The van der Waals surface area contributed by atoms with Crippen LogP contribution in [0.5, 0.6) is 0 Å². The van der Waals surface area contributed by atoms with Crippen molar-refractivity contribution >= 4 is 11.7 Å². The van der Waals surface area contributed by atoms with Gasteiger partial charge in [0.25, 0.3) is 5.91 Å². The van der Waals surface area contributed by atoms with Crippen LogP contribution in [0, 0.1) is 0 Å². The Hall–Kier alpha value is -2.46. The molecule has 0 bridgehead atoms. The number of nitrogens with zero attached hydrogens (tertiary/aromatic N) is 1. The Morgan fingerprint density at radius 3 is 2.09 bits per heavy atom. The monoisotopic (exact) mass is 308 g/mol. The highest BCUT2D eigenvalue weighted by atomic mass is 16.2. The minimum Gasteiger partial charge on any atom is -0.327 e. The van der Waals surface area contributed by atoms with E-state index in [0.29, 0.717) is 17.7 Å². The summed E-state index contributed by atoms with van der Waals surface area (Å²) < 4.78 is 0. The van der Waals surface area contributed by atoms with Crippen molar-refractivity contribution in [1.82, 2.24) is 4.90 Å². The van der Waals surface area contributed by atoms with E-state index in [4.69, 9.17) is 5.73 Å². The van der Waals surface area contributed by atoms with Crippen molar-refractivity contribution in [2.75, 3.05) is 6.54 Å². The van der Waals surface area contributed by atoms with Gasteiger partial charge in [-0.2, -0.15) is 0 Å². The van der Waals surface area contributed by atoms with Crippen molar-refractivity contribution in [3.05, 3.63) is 71.8 Å². The van der Waals surface area contributed by atoms with Gasteiger partial charge in [0.05, 0.1) is 0 Å². The first-order valence-corrected chi connectivity index (χ1v) is 7.89. The van der Waals surface area contributed by atoms with Crippen LogP contribution in [-0.2, 0) is 0 Å². The molecule has 0 aliphatic carbocycles. The fraction of sp³-hybridized carbons (Fsp3) is 0.263. The van der Waals surface area contributed by atoms with E-state index in [2.05, 4.69) is 0 Å². The Morgan fingerprint density at radius 2 is 1.48 bits per heavy atom. The van der Waals surface area contributed by atoms with Gasteiger partial charge in [0.15, 0.2) is 5.78 Å². The number of rotatable bonds is 3. The van der Waals surface area contributed by atoms with E-state index in [1.165, 1.54) is 0 Å². The summed E-state index contributed by atoms with van der Waals surface area (Å²) in [5.41, 5.74) is 7.40. The zero-order valence-electron chi connectivity index (χ0n) is 12.9. The predicted octanol–water partition coefficient (Wildman–Crippen LogP) is 2.50. The average molecular weight is 308 g/mol. The normalized spacial score (nSPS) is 21.0. The molecule has 0 saturated carbocycles. The molecule has 1 aliphatic heterocycles. The fourth-order valence-corrected chi connectivity index (χ4v) is 3.11. The third kappa shape index (κ3) is 3.17. The van der Waals surface area contributed by atoms with Crippen molar-refractivity contribution in [3.8, 4) is 0 Å². The summed E-state index contributed by atoms with van der Waals surface area (Å²) in [6.07, 6.45) is 1.57. The van der Waals surface area contributed by atoms with Crippen molar-refractivity contribution in [3.63, 3.8) is 0 Å². The first-order chi connectivity index (χ1) is 11.2. The number of hydrogen-bond acceptors (Lipinski definition) is 3. The highest BCUT2D eigenvalue weighted by molar-refractivity contribution is 6.04. The quantitative estimate of drug-likeness (QED) is 0.886. The molecular formula is C19H20N2O2. The predicted molar refractivity (Wildman–Crippen MR) is 89.2 cm³/mol. The molecule has 3 rings (SSSR count). The van der Waals surface area contributed by atoms with Crippen LogP contribution in [0.1, 0.15) is 33.6 Å². The first kappa shape index (κ1) is 15.4. The number of Topliss-reactive ketones (excluding diaryl/α,β-unsaturated/α-hetero) is 1. The molecule has 118 valence electrons. The van der Waals surface area contributed by atoms with Crippen LogP contribution in [0.3, 0.4) is 0 Å². The molecule has 0 radical (unpaired) electrons. The lowest BCUT2D eigenvalue weighted by molar-refractivity contribution is 0.0514. The molecule has 1 saturated heterocycles. The second-order valence-electron chi connectivity index (χ2n) is 5.85. The van der Waals surface area contributed by atoms with E-state index in [0.717, 1.165) is 12.8 Å². The third-order valence-corrected chi connectivity index (χ3v) is 4.29. The average Bonchev–Trinajstić information content (AvgIpc) is 2.62. The van der Waals surface area contributed by atoms with Crippen LogP contribution in [0.25, 0.3) is 0 Å². The maximum atomic E-state index is 12.9. The van der Waals surface area contributed by atoms with E-state index < -0.39 is 6.04 Å². The van der Waals surface area contributed by atoms with Gasteiger partial charge in [0.2, 0.25) is 0 Å². The van der Waals surface area contributed by atoms with Gasteiger partial charge in [-0.3, -0.25) is 9.59 Å². The number of piperidine rings is 1. The Morgan fingerprint density at radius 1 is 0.913 bits per heavy atom. The number of benzene rings is 2. The lowest BCUT2D eigenvalue weighted by atomic mass is 9.90. The lowest BCUT2D eigenvalue weighted by Gasteiger charge is -2.38. The van der Waals surface area contributed by atoms with Crippen LogP contribution < -0.4 is 5.73 Å². The molecule has 4 nitrogen and oxygen atoms in total. The van der Waals surface area contributed by atoms with Crippen molar-refractivity contribution in [2.24, 2.45) is 5.73 Å². The highest BCUT2D eigenvalue weighted by Gasteiger charge is 2.38. The summed E-state index contributed by atoms with van der Waals surface area (Å²) in [5.74, 6) is -0.211. The number of carbonyl (C=O) groups excluding carboxylic acids is 2. The maximum Gasteiger partial charge on any atom is 0.254 e. The Labute approximate surface area is 135 Å². The first-order valence-electron chi connectivity index (χ1n) is 7.89. The van der Waals surface area contributed by atoms with Crippen LogP contribution in [-0.4, -0.2) is 35.2 Å². The summed E-state index contributed by atoms with van der Waals surface area (Å²) in [6, 6.07) is 17.2. The number of ketones is 1. The van der Waals surface area contributed by atoms with Crippen LogP contribution in [0.4, 0.5) is 0 Å². The van der Waals surface area contributed by atoms with E-state index in [1.807, 2.05) is 36.4 Å². The summed E-state index contributed by atoms with van der Waals surface area (Å²) in [4.78, 5) is 27.3. The molecule has 1 amide bonds. The molecule has 0 aromatic heterocycles. The molecule has 23 heavy (non-hydrogen) atoms. The van der Waals surface area contributed by atoms with Crippen molar-refractivity contribution in [2.45, 2.75) is 24.9 Å². The third-order valence-electron chi connectivity index (χ3n) is 4.29. The lowest BCUT2D eigenvalue weighted by Crippen LogP contribution is -2.58. The molecule has 1 unspecified atom stereocenters. The van der Waals surface area contributed by atoms with E-state index >= 15 is 0 Å². The van der Waals surface area contributed by atoms with E-state index in [9.17, 15) is 9.59 Å². The number of hydrogen-bond donors (Lipinski definition) is 1. The second kappa shape index (κ2) is 6.75. The fourth-order valence-electron chi connectivity index (χ4n) is 3.11. The SMILES string of the molecule is NC1CCCN(C(=O)c2ccccc2)[C@@H]1C(=O)c1ccccc1. The van der Waals surface area contributed by atoms with Crippen molar-refractivity contribution < 1.29 is 9.59 Å². The smallest absolute Gasteiger partial charge is 0.254 e. The maximum absolute atomic E-state index is 12.9. The van der Waals surface area contributed by atoms with Gasteiger partial charge in [0.1, 0.15) is 6.04 Å². The number of nitrogens with two attached hydrogens (primary N) is 1. The molecule has 2 atom stereocenters. The molecule has 1 heterocycles. The van der Waals surface area contributed by atoms with Crippen molar-refractivity contribution in [1.29, 1.82) is 0 Å². The van der Waals surface area contributed by atoms with Gasteiger partial charge in [-0.25, -0.2) is 0 Å². The summed E-state index contributed by atoms with van der Waals surface area (Å²) in [5, 5.41) is 0. The Kier molecular flexibility index (Phi) is 4.53. The molecular weight excluding hydrogens is 288 g/mol. The minimum atomic E-state index is -0.598. The second-order valence-corrected chi connectivity index (χ2v) is 5.85. The van der Waals surface area contributed by atoms with Gasteiger partial charge in [-0.1, -0.05) is 48.5 Å². The summed E-state index contributed by atoms with van der Waals surface area (Å²) in [7, 11) is 0. The summed E-state index contributed by atoms with van der Waals surface area (Å²) >= 11 is 0. The van der Waals surface area contributed by atoms with E-state index in [1.54, 1.807) is 29.2 Å².